The maximum Gasteiger partial charge on any atom is 0.239 e. The number of amides is 3. The molecule has 1 aliphatic rings. The Morgan fingerprint density at radius 1 is 1.25 bits per heavy atom. The molecule has 1 saturated heterocycles. The fourth-order valence-electron chi connectivity index (χ4n) is 2.62. The van der Waals surface area contributed by atoms with Gasteiger partial charge in [0, 0.05) is 25.9 Å². The standard InChI is InChI=1S/C16H19N5O3/c22-13(20-16-18-11-4-1-2-5-12(11)19-16)6-3-7-15(24)21-9-8-17-14(23)10-21/h1-2,4-5H,3,6-10H2,(H,17,23)(H2,18,19,20,22). The van der Waals surface area contributed by atoms with Crippen molar-refractivity contribution in [1.29, 1.82) is 0 Å². The molecule has 2 aromatic rings. The van der Waals surface area contributed by atoms with Crippen LogP contribution in [0.5, 0.6) is 0 Å². The number of fused-ring (bicyclic) bond motifs is 1. The molecule has 1 fully saturated rings. The monoisotopic (exact) mass is 329 g/mol. The summed E-state index contributed by atoms with van der Waals surface area (Å²) in [6.45, 7) is 1.11. The minimum atomic E-state index is -0.196. The number of anilines is 1. The highest BCUT2D eigenvalue weighted by Crippen LogP contribution is 2.13. The normalized spacial score (nSPS) is 14.5. The number of aromatic nitrogens is 2. The highest BCUT2D eigenvalue weighted by atomic mass is 16.2. The minimum Gasteiger partial charge on any atom is -0.353 e. The molecule has 0 radical (unpaired) electrons. The van der Waals surface area contributed by atoms with Crippen LogP contribution in [0, 0.1) is 0 Å². The van der Waals surface area contributed by atoms with E-state index in [0.29, 0.717) is 25.5 Å². The smallest absolute Gasteiger partial charge is 0.239 e. The van der Waals surface area contributed by atoms with Gasteiger partial charge in [-0.2, -0.15) is 0 Å². The van der Waals surface area contributed by atoms with Crippen LogP contribution in [0.15, 0.2) is 24.3 Å². The quantitative estimate of drug-likeness (QED) is 0.748. The van der Waals surface area contributed by atoms with Gasteiger partial charge in [-0.1, -0.05) is 12.1 Å². The van der Waals surface area contributed by atoms with Gasteiger partial charge in [0.15, 0.2) is 0 Å². The largest absolute Gasteiger partial charge is 0.353 e. The van der Waals surface area contributed by atoms with E-state index < -0.39 is 0 Å². The van der Waals surface area contributed by atoms with Crippen LogP contribution >= 0.6 is 0 Å². The Morgan fingerprint density at radius 3 is 2.88 bits per heavy atom. The second kappa shape index (κ2) is 7.12. The van der Waals surface area contributed by atoms with E-state index in [1.54, 1.807) is 0 Å². The predicted molar refractivity (Wildman–Crippen MR) is 88.2 cm³/mol. The summed E-state index contributed by atoms with van der Waals surface area (Å²) >= 11 is 0. The summed E-state index contributed by atoms with van der Waals surface area (Å²) in [4.78, 5) is 44.0. The molecular weight excluding hydrogens is 310 g/mol. The summed E-state index contributed by atoms with van der Waals surface area (Å²) in [5.41, 5.74) is 1.64. The van der Waals surface area contributed by atoms with Crippen LogP contribution in [-0.4, -0.2) is 52.2 Å². The number of imidazole rings is 1. The van der Waals surface area contributed by atoms with E-state index in [1.807, 2.05) is 24.3 Å². The van der Waals surface area contributed by atoms with Gasteiger partial charge in [-0.25, -0.2) is 4.98 Å². The van der Waals surface area contributed by atoms with E-state index in [0.717, 1.165) is 11.0 Å². The maximum atomic E-state index is 12.0. The third-order valence-corrected chi connectivity index (χ3v) is 3.83. The molecule has 3 rings (SSSR count). The van der Waals surface area contributed by atoms with E-state index in [1.165, 1.54) is 4.90 Å². The molecule has 0 saturated carbocycles. The molecule has 8 heteroatoms. The third kappa shape index (κ3) is 3.89. The zero-order valence-electron chi connectivity index (χ0n) is 13.2. The van der Waals surface area contributed by atoms with Gasteiger partial charge in [-0.05, 0) is 18.6 Å². The summed E-state index contributed by atoms with van der Waals surface area (Å²) in [6, 6.07) is 7.50. The highest BCUT2D eigenvalue weighted by Gasteiger charge is 2.20. The van der Waals surface area contributed by atoms with Crippen molar-refractivity contribution >= 4 is 34.7 Å². The van der Waals surface area contributed by atoms with Gasteiger partial charge in [0.25, 0.3) is 0 Å². The Hall–Kier alpha value is -2.90. The summed E-state index contributed by atoms with van der Waals surface area (Å²) < 4.78 is 0. The van der Waals surface area contributed by atoms with Crippen LogP contribution in [0.25, 0.3) is 11.0 Å². The van der Waals surface area contributed by atoms with Crippen molar-refractivity contribution in [2.75, 3.05) is 25.0 Å². The molecule has 1 aliphatic heterocycles. The first-order chi connectivity index (χ1) is 11.6. The van der Waals surface area contributed by atoms with Gasteiger partial charge >= 0.3 is 0 Å². The Bertz CT molecular complexity index is 737. The van der Waals surface area contributed by atoms with Gasteiger partial charge in [0.1, 0.15) is 0 Å². The van der Waals surface area contributed by atoms with Crippen molar-refractivity contribution in [1.82, 2.24) is 20.2 Å². The predicted octanol–water partition coefficient (Wildman–Crippen LogP) is 0.630. The van der Waals surface area contributed by atoms with E-state index in [-0.39, 0.29) is 37.1 Å². The lowest BCUT2D eigenvalue weighted by molar-refractivity contribution is -0.138. The van der Waals surface area contributed by atoms with Gasteiger partial charge in [-0.3, -0.25) is 19.7 Å². The molecule has 0 spiro atoms. The first-order valence-corrected chi connectivity index (χ1v) is 7.91. The van der Waals surface area contributed by atoms with E-state index in [2.05, 4.69) is 20.6 Å². The zero-order valence-corrected chi connectivity index (χ0v) is 13.2. The van der Waals surface area contributed by atoms with Crippen LogP contribution in [-0.2, 0) is 14.4 Å². The first-order valence-electron chi connectivity index (χ1n) is 7.91. The summed E-state index contributed by atoms with van der Waals surface area (Å²) in [5, 5.41) is 5.37. The van der Waals surface area contributed by atoms with Gasteiger partial charge in [-0.15, -0.1) is 0 Å². The lowest BCUT2D eigenvalue weighted by Gasteiger charge is -2.26. The molecule has 0 bridgehead atoms. The van der Waals surface area contributed by atoms with Crippen molar-refractivity contribution in [3.8, 4) is 0 Å². The number of hydrogen-bond donors (Lipinski definition) is 3. The van der Waals surface area contributed by atoms with E-state index in [9.17, 15) is 14.4 Å². The number of para-hydroxylation sites is 2. The zero-order chi connectivity index (χ0) is 16.9. The molecule has 0 unspecified atom stereocenters. The minimum absolute atomic E-state index is 0.0959. The summed E-state index contributed by atoms with van der Waals surface area (Å²) in [5.74, 6) is -0.0305. The third-order valence-electron chi connectivity index (χ3n) is 3.83. The fraction of sp³-hybridized carbons (Fsp3) is 0.375. The van der Waals surface area contributed by atoms with Crippen LogP contribution in [0.2, 0.25) is 0 Å². The topological polar surface area (TPSA) is 107 Å². The second-order valence-electron chi connectivity index (χ2n) is 5.67. The number of aromatic amines is 1. The Labute approximate surface area is 138 Å². The lowest BCUT2D eigenvalue weighted by Crippen LogP contribution is -2.49. The van der Waals surface area contributed by atoms with Crippen molar-refractivity contribution in [2.45, 2.75) is 19.3 Å². The Kier molecular flexibility index (Phi) is 4.74. The highest BCUT2D eigenvalue weighted by molar-refractivity contribution is 5.91. The number of rotatable bonds is 5. The number of benzene rings is 1. The molecule has 24 heavy (non-hydrogen) atoms. The first kappa shape index (κ1) is 16.0. The van der Waals surface area contributed by atoms with Crippen molar-refractivity contribution in [2.24, 2.45) is 0 Å². The van der Waals surface area contributed by atoms with Crippen molar-refractivity contribution in [3.63, 3.8) is 0 Å². The number of carbonyl (C=O) groups is 3. The Balaban J connectivity index is 1.43. The molecule has 3 N–H and O–H groups in total. The van der Waals surface area contributed by atoms with Crippen molar-refractivity contribution < 1.29 is 14.4 Å². The number of nitrogens with zero attached hydrogens (tertiary/aromatic N) is 2. The molecule has 8 nitrogen and oxygen atoms in total. The van der Waals surface area contributed by atoms with E-state index >= 15 is 0 Å². The number of nitrogens with one attached hydrogen (secondary N) is 3. The molecule has 0 aliphatic carbocycles. The number of hydrogen-bond acceptors (Lipinski definition) is 4. The van der Waals surface area contributed by atoms with Crippen LogP contribution < -0.4 is 10.6 Å². The molecule has 0 atom stereocenters. The number of H-pyrrole nitrogens is 1. The van der Waals surface area contributed by atoms with E-state index in [4.69, 9.17) is 0 Å². The lowest BCUT2D eigenvalue weighted by atomic mass is 10.2. The van der Waals surface area contributed by atoms with Gasteiger partial charge < -0.3 is 15.2 Å². The molecule has 3 amide bonds. The fourth-order valence-corrected chi connectivity index (χ4v) is 2.62. The average molecular weight is 329 g/mol. The second-order valence-corrected chi connectivity index (χ2v) is 5.67. The summed E-state index contributed by atoms with van der Waals surface area (Å²) in [6.07, 6.45) is 0.909. The van der Waals surface area contributed by atoms with Gasteiger partial charge in [0.05, 0.1) is 17.6 Å². The molecular formula is C16H19N5O3. The van der Waals surface area contributed by atoms with Crippen molar-refractivity contribution in [3.05, 3.63) is 24.3 Å². The maximum absolute atomic E-state index is 12.0. The summed E-state index contributed by atoms with van der Waals surface area (Å²) in [7, 11) is 0. The molecule has 126 valence electrons. The average Bonchev–Trinajstić information content (AvgIpc) is 2.96. The SMILES string of the molecule is O=C1CN(C(=O)CCCC(=O)Nc2nc3ccccc3[nH]2)CCN1. The number of carbonyl (C=O) groups excluding carboxylic acids is 3. The molecule has 1 aromatic heterocycles. The molecule has 2 heterocycles. The van der Waals surface area contributed by atoms with Crippen LogP contribution in [0.3, 0.4) is 0 Å². The Morgan fingerprint density at radius 2 is 2.08 bits per heavy atom. The van der Waals surface area contributed by atoms with Gasteiger partial charge in [0.2, 0.25) is 23.7 Å². The van der Waals surface area contributed by atoms with Crippen LogP contribution in [0.1, 0.15) is 19.3 Å². The van der Waals surface area contributed by atoms with Crippen LogP contribution in [0.4, 0.5) is 5.95 Å². The number of piperazine rings is 1. The molecule has 1 aromatic carbocycles.